The zero-order chi connectivity index (χ0) is 21.2. The molecule has 0 aliphatic heterocycles. The summed E-state index contributed by atoms with van der Waals surface area (Å²) in [6, 6.07) is 10.3. The van der Waals surface area contributed by atoms with Crippen LogP contribution in [0.4, 0.5) is 0 Å². The molecule has 0 saturated heterocycles. The second-order valence-corrected chi connectivity index (χ2v) is 9.25. The van der Waals surface area contributed by atoms with Crippen molar-refractivity contribution in [2.24, 2.45) is 0 Å². The summed E-state index contributed by atoms with van der Waals surface area (Å²) in [6.45, 7) is 3.48. The van der Waals surface area contributed by atoms with Crippen molar-refractivity contribution in [3.05, 3.63) is 68.4 Å². The van der Waals surface area contributed by atoms with Gasteiger partial charge in [-0.15, -0.1) is 11.3 Å². The number of halogens is 1. The zero-order valence-corrected chi connectivity index (χ0v) is 17.7. The Bertz CT molecular complexity index is 1220. The molecule has 152 valence electrons. The fourth-order valence-electron chi connectivity index (χ4n) is 2.31. The number of benzene rings is 1. The molecule has 0 spiro atoms. The highest BCUT2D eigenvalue weighted by Crippen LogP contribution is 2.29. The molecule has 0 fully saturated rings. The molecule has 29 heavy (non-hydrogen) atoms. The van der Waals surface area contributed by atoms with Crippen molar-refractivity contribution in [3.8, 4) is 11.4 Å². The lowest BCUT2D eigenvalue weighted by molar-refractivity contribution is 0.0515. The number of ether oxygens (including phenoxy) is 1. The van der Waals surface area contributed by atoms with Crippen molar-refractivity contribution >= 4 is 39.0 Å². The molecule has 0 saturated carbocycles. The van der Waals surface area contributed by atoms with E-state index in [-0.39, 0.29) is 15.2 Å². The Hall–Kier alpha value is -2.69. The van der Waals surface area contributed by atoms with E-state index in [1.807, 2.05) is 6.92 Å². The maximum atomic E-state index is 12.5. The molecule has 0 N–H and O–H groups in total. The molecular weight excluding hydrogens is 440 g/mol. The average Bonchev–Trinajstić information content (AvgIpc) is 3.10. The topological polar surface area (TPSA) is 105 Å². The van der Waals surface area contributed by atoms with E-state index >= 15 is 0 Å². The molecule has 0 atom stereocenters. The molecule has 0 radical (unpaired) electrons. The van der Waals surface area contributed by atoms with Gasteiger partial charge in [0.05, 0.1) is 22.7 Å². The number of carbonyl (C=O) groups is 1. The molecule has 11 heteroatoms. The molecule has 0 aliphatic carbocycles. The van der Waals surface area contributed by atoms with Gasteiger partial charge in [0.25, 0.3) is 5.56 Å². The average molecular weight is 455 g/mol. The van der Waals surface area contributed by atoms with Crippen LogP contribution in [0.2, 0.25) is 4.34 Å². The third kappa shape index (κ3) is 4.66. The number of aromatic nitrogens is 2. The Morgan fingerprint density at radius 1 is 1.21 bits per heavy atom. The van der Waals surface area contributed by atoms with Gasteiger partial charge in [0.1, 0.15) is 0 Å². The van der Waals surface area contributed by atoms with Crippen LogP contribution in [0.15, 0.2) is 51.5 Å². The lowest BCUT2D eigenvalue weighted by atomic mass is 10.2. The van der Waals surface area contributed by atoms with Gasteiger partial charge in [-0.05, 0) is 38.1 Å². The van der Waals surface area contributed by atoms with E-state index in [1.165, 1.54) is 12.1 Å². The van der Waals surface area contributed by atoms with Crippen LogP contribution in [-0.2, 0) is 14.9 Å². The van der Waals surface area contributed by atoms with Crippen LogP contribution in [0.3, 0.4) is 0 Å². The van der Waals surface area contributed by atoms with Gasteiger partial charge in [-0.1, -0.05) is 29.3 Å². The molecule has 0 amide bonds. The minimum absolute atomic E-state index is 0.0247. The molecule has 0 aliphatic rings. The summed E-state index contributed by atoms with van der Waals surface area (Å²) in [7, 11) is -4.33. The number of aryl methyl sites for hydroxylation is 1. The minimum atomic E-state index is -4.33. The largest absolute Gasteiger partial charge is 0.461 e. The lowest BCUT2D eigenvalue weighted by Gasteiger charge is -2.12. The van der Waals surface area contributed by atoms with Crippen molar-refractivity contribution in [3.63, 3.8) is 0 Å². The molecule has 0 unspecified atom stereocenters. The van der Waals surface area contributed by atoms with Gasteiger partial charge in [0, 0.05) is 0 Å². The van der Waals surface area contributed by atoms with E-state index in [1.54, 1.807) is 31.2 Å². The number of carbonyl (C=O) groups excluding carboxylic acids is 1. The second-order valence-electron chi connectivity index (χ2n) is 5.76. The van der Waals surface area contributed by atoms with E-state index in [0.29, 0.717) is 5.69 Å². The Labute approximate surface area is 175 Å². The Morgan fingerprint density at radius 2 is 1.90 bits per heavy atom. The van der Waals surface area contributed by atoms with E-state index in [4.69, 9.17) is 20.5 Å². The van der Waals surface area contributed by atoms with E-state index in [9.17, 15) is 18.0 Å². The first-order valence-electron chi connectivity index (χ1n) is 8.29. The van der Waals surface area contributed by atoms with Crippen LogP contribution >= 0.6 is 22.9 Å². The Kier molecular flexibility index (Phi) is 6.06. The van der Waals surface area contributed by atoms with Crippen LogP contribution in [0, 0.1) is 6.92 Å². The van der Waals surface area contributed by atoms with E-state index < -0.39 is 33.1 Å². The third-order valence-electron chi connectivity index (χ3n) is 3.64. The molecule has 2 aromatic heterocycles. The van der Waals surface area contributed by atoms with Crippen LogP contribution in [-0.4, -0.2) is 30.8 Å². The number of hydrogen-bond donors (Lipinski definition) is 0. The van der Waals surface area contributed by atoms with Crippen molar-refractivity contribution in [2.45, 2.75) is 18.1 Å². The van der Waals surface area contributed by atoms with Gasteiger partial charge >= 0.3 is 16.1 Å². The van der Waals surface area contributed by atoms with Gasteiger partial charge in [-0.3, -0.25) is 4.79 Å². The van der Waals surface area contributed by atoms with Crippen molar-refractivity contribution < 1.29 is 22.1 Å². The fourth-order valence-corrected chi connectivity index (χ4v) is 4.68. The first-order valence-corrected chi connectivity index (χ1v) is 10.9. The maximum Gasteiger partial charge on any atom is 0.362 e. The van der Waals surface area contributed by atoms with Crippen LogP contribution in [0.1, 0.15) is 23.0 Å². The van der Waals surface area contributed by atoms with E-state index in [2.05, 4.69) is 5.10 Å². The van der Waals surface area contributed by atoms with Gasteiger partial charge < -0.3 is 8.92 Å². The highest BCUT2D eigenvalue weighted by Gasteiger charge is 2.26. The summed E-state index contributed by atoms with van der Waals surface area (Å²) in [5.74, 6) is -1.45. The third-order valence-corrected chi connectivity index (χ3v) is 6.55. The second kappa shape index (κ2) is 8.36. The summed E-state index contributed by atoms with van der Waals surface area (Å²) in [6.07, 6.45) is 0. The summed E-state index contributed by atoms with van der Waals surface area (Å²) in [5.41, 5.74) is 0.230. The van der Waals surface area contributed by atoms with Gasteiger partial charge in [-0.2, -0.15) is 18.2 Å². The highest BCUT2D eigenvalue weighted by molar-refractivity contribution is 7.89. The van der Waals surface area contributed by atoms with Gasteiger partial charge in [-0.25, -0.2) is 4.79 Å². The lowest BCUT2D eigenvalue weighted by Crippen LogP contribution is -2.26. The predicted molar refractivity (Wildman–Crippen MR) is 108 cm³/mol. The summed E-state index contributed by atoms with van der Waals surface area (Å²) >= 11 is 6.55. The number of hydrogen-bond acceptors (Lipinski definition) is 8. The van der Waals surface area contributed by atoms with Gasteiger partial charge in [0.15, 0.2) is 9.96 Å². The molecular formula is C18H15ClN2O6S2. The number of rotatable bonds is 6. The normalized spacial score (nSPS) is 11.3. The van der Waals surface area contributed by atoms with E-state index in [0.717, 1.165) is 27.6 Å². The first-order chi connectivity index (χ1) is 13.7. The van der Waals surface area contributed by atoms with Crippen LogP contribution in [0.5, 0.6) is 5.75 Å². The first kappa shape index (κ1) is 21.0. The molecule has 3 aromatic rings. The summed E-state index contributed by atoms with van der Waals surface area (Å²) < 4.78 is 36.0. The molecule has 2 heterocycles. The van der Waals surface area contributed by atoms with Gasteiger partial charge in [0.2, 0.25) is 5.69 Å². The summed E-state index contributed by atoms with van der Waals surface area (Å²) in [4.78, 5) is 24.9. The van der Waals surface area contributed by atoms with Crippen molar-refractivity contribution in [1.29, 1.82) is 0 Å². The van der Waals surface area contributed by atoms with Crippen molar-refractivity contribution in [2.75, 3.05) is 6.61 Å². The summed E-state index contributed by atoms with van der Waals surface area (Å²) in [5, 5.41) is 3.99. The Balaban J connectivity index is 2.11. The van der Waals surface area contributed by atoms with Crippen LogP contribution < -0.4 is 9.74 Å². The SMILES string of the molecule is CCOC(=O)c1nn(-c2ccc(C)cc2)c(=O)cc1OS(=O)(=O)c1ccc(Cl)s1. The molecule has 0 bridgehead atoms. The molecule has 8 nitrogen and oxygen atoms in total. The van der Waals surface area contributed by atoms with Crippen molar-refractivity contribution in [1.82, 2.24) is 9.78 Å². The monoisotopic (exact) mass is 454 g/mol. The number of thiophene rings is 1. The quantitative estimate of drug-likeness (QED) is 0.416. The van der Waals surface area contributed by atoms with Crippen LogP contribution in [0.25, 0.3) is 5.69 Å². The number of nitrogens with zero attached hydrogens (tertiary/aromatic N) is 2. The predicted octanol–water partition coefficient (Wildman–Crippen LogP) is 3.20. The Morgan fingerprint density at radius 3 is 2.48 bits per heavy atom. The smallest absolute Gasteiger partial charge is 0.362 e. The fraction of sp³-hybridized carbons (Fsp3) is 0.167. The zero-order valence-electron chi connectivity index (χ0n) is 15.3. The minimum Gasteiger partial charge on any atom is -0.461 e. The highest BCUT2D eigenvalue weighted by atomic mass is 35.5. The molecule has 3 rings (SSSR count). The molecule has 1 aromatic carbocycles. The standard InChI is InChI=1S/C18H15ClN2O6S2/c1-3-26-18(23)17-13(27-29(24,25)16-9-8-14(19)28-16)10-15(22)21(20-17)12-6-4-11(2)5-7-12/h4-10H,3H2,1-2H3. The maximum absolute atomic E-state index is 12.5. The number of esters is 1.